The molecule has 0 saturated heterocycles. The third kappa shape index (κ3) is 3.68. The lowest BCUT2D eigenvalue weighted by molar-refractivity contribution is -0.662. The molecule has 0 saturated carbocycles. The van der Waals surface area contributed by atoms with E-state index in [1.807, 2.05) is 36.9 Å². The Balaban J connectivity index is 2.28. The lowest BCUT2D eigenvalue weighted by Crippen LogP contribution is -2.33. The van der Waals surface area contributed by atoms with E-state index in [1.54, 1.807) is 17.8 Å². The first kappa shape index (κ1) is 20.1. The highest BCUT2D eigenvalue weighted by molar-refractivity contribution is 5.73. The van der Waals surface area contributed by atoms with Crippen LogP contribution in [0.4, 0.5) is 13.2 Å². The maximum atomic E-state index is 13.6. The van der Waals surface area contributed by atoms with Gasteiger partial charge in [0.1, 0.15) is 14.1 Å². The van der Waals surface area contributed by atoms with Gasteiger partial charge in [0.05, 0.1) is 16.7 Å². The number of hydrogen-bond donors (Lipinski definition) is 0. The summed E-state index contributed by atoms with van der Waals surface area (Å²) < 4.78 is 49.9. The summed E-state index contributed by atoms with van der Waals surface area (Å²) in [5.74, 6) is 0.388. The van der Waals surface area contributed by atoms with E-state index in [4.69, 9.17) is 4.42 Å². The molecule has 0 unspecified atom stereocenters. The van der Waals surface area contributed by atoms with Crippen LogP contribution >= 0.6 is 0 Å². The summed E-state index contributed by atoms with van der Waals surface area (Å²) in [6.45, 7) is 8.14. The Morgan fingerprint density at radius 3 is 2.04 bits per heavy atom. The van der Waals surface area contributed by atoms with Gasteiger partial charge in [-0.1, -0.05) is 20.8 Å². The van der Waals surface area contributed by atoms with Gasteiger partial charge >= 0.3 is 12.1 Å². The molecule has 0 bridgehead atoms. The molecular weight excluding hydrogens is 365 g/mol. The number of halogens is 3. The molecule has 0 spiro atoms. The van der Waals surface area contributed by atoms with Gasteiger partial charge in [0.15, 0.2) is 12.5 Å². The molecule has 148 valence electrons. The number of benzene rings is 1. The largest absolute Gasteiger partial charge is 0.416 e. The monoisotopic (exact) mass is 390 g/mol. The number of oxazole rings is 1. The second-order valence-corrected chi connectivity index (χ2v) is 8.18. The van der Waals surface area contributed by atoms with E-state index in [2.05, 4.69) is 20.8 Å². The number of hydrogen-bond acceptors (Lipinski definition) is 1. The fraction of sp³-hybridized carbons (Fsp3) is 0.364. The lowest BCUT2D eigenvalue weighted by Gasteiger charge is -2.18. The van der Waals surface area contributed by atoms with Crippen molar-refractivity contribution < 1.29 is 26.7 Å². The lowest BCUT2D eigenvalue weighted by atomic mass is 9.87. The molecule has 0 fully saturated rings. The minimum Gasteiger partial charge on any atom is -0.406 e. The van der Waals surface area contributed by atoms with Crippen molar-refractivity contribution in [2.75, 3.05) is 0 Å². The molecule has 2 aromatic heterocycles. The van der Waals surface area contributed by atoms with Crippen LogP contribution in [0.2, 0.25) is 0 Å². The van der Waals surface area contributed by atoms with Crippen molar-refractivity contribution in [2.24, 2.45) is 14.1 Å². The summed E-state index contributed by atoms with van der Waals surface area (Å²) >= 11 is 0. The number of nitrogens with zero attached hydrogens (tertiary/aromatic N) is 2. The molecule has 28 heavy (non-hydrogen) atoms. The van der Waals surface area contributed by atoms with Gasteiger partial charge in [0.25, 0.3) is 0 Å². The molecule has 0 aliphatic rings. The zero-order chi connectivity index (χ0) is 20.9. The molecule has 0 aliphatic carbocycles. The van der Waals surface area contributed by atoms with Gasteiger partial charge in [-0.3, -0.25) is 0 Å². The van der Waals surface area contributed by atoms with Crippen LogP contribution in [0.5, 0.6) is 0 Å². The highest BCUT2D eigenvalue weighted by atomic mass is 19.4. The topological polar surface area (TPSA) is 20.9 Å². The average Bonchev–Trinajstić information content (AvgIpc) is 2.99. The summed E-state index contributed by atoms with van der Waals surface area (Å²) in [4.78, 5) is 0. The molecule has 3 rings (SSSR count). The third-order valence-corrected chi connectivity index (χ3v) is 5.03. The quantitative estimate of drug-likeness (QED) is 0.571. The Morgan fingerprint density at radius 1 is 0.893 bits per heavy atom. The Kier molecular flexibility index (Phi) is 4.86. The van der Waals surface area contributed by atoms with Crippen LogP contribution in [0.25, 0.3) is 22.7 Å². The highest BCUT2D eigenvalue weighted by Gasteiger charge is 2.35. The van der Waals surface area contributed by atoms with E-state index < -0.39 is 11.7 Å². The van der Waals surface area contributed by atoms with E-state index in [0.29, 0.717) is 22.7 Å². The predicted octanol–water partition coefficient (Wildman–Crippen LogP) is 4.89. The van der Waals surface area contributed by atoms with E-state index in [-0.39, 0.29) is 5.41 Å². The van der Waals surface area contributed by atoms with Crippen molar-refractivity contribution in [1.82, 2.24) is 0 Å². The average molecular weight is 390 g/mol. The Bertz CT molecular complexity index is 1030. The SMILES string of the molecule is Cc1c(-c2ccc(C(C)(C)C)c[n+]2C)cc(C(F)(F)F)cc1-c1occ[n+]1C. The zero-order valence-corrected chi connectivity index (χ0v) is 17.0. The molecular formula is C22H25F3N2O+2. The van der Waals surface area contributed by atoms with Crippen LogP contribution in [0.1, 0.15) is 37.5 Å². The third-order valence-electron chi connectivity index (χ3n) is 5.03. The maximum absolute atomic E-state index is 13.6. The summed E-state index contributed by atoms with van der Waals surface area (Å²) in [5.41, 5.74) is 2.78. The standard InChI is InChI=1S/C22H25F3N2O/c1-14-17(19-8-7-15(13-27(19)6)21(2,3)4)11-16(22(23,24)25)12-18(14)20-26(5)9-10-28-20/h7-13H,1-6H3/q+2. The van der Waals surface area contributed by atoms with E-state index in [1.165, 1.54) is 12.3 Å². The van der Waals surface area contributed by atoms with Gasteiger partial charge in [0.2, 0.25) is 11.9 Å². The fourth-order valence-electron chi connectivity index (χ4n) is 3.29. The van der Waals surface area contributed by atoms with Crippen LogP contribution in [-0.2, 0) is 25.7 Å². The van der Waals surface area contributed by atoms with Gasteiger partial charge in [-0.05, 0) is 36.1 Å². The molecule has 0 N–H and O–H groups in total. The molecule has 3 nitrogen and oxygen atoms in total. The zero-order valence-electron chi connectivity index (χ0n) is 17.0. The molecule has 0 amide bonds. The molecule has 0 aliphatic heterocycles. The maximum Gasteiger partial charge on any atom is 0.416 e. The molecule has 1 aromatic carbocycles. The summed E-state index contributed by atoms with van der Waals surface area (Å²) in [7, 11) is 3.60. The second kappa shape index (κ2) is 6.76. The fourth-order valence-corrected chi connectivity index (χ4v) is 3.29. The summed E-state index contributed by atoms with van der Waals surface area (Å²) in [5, 5.41) is 0. The van der Waals surface area contributed by atoms with Crippen molar-refractivity contribution >= 4 is 0 Å². The van der Waals surface area contributed by atoms with Crippen LogP contribution in [0.3, 0.4) is 0 Å². The minimum atomic E-state index is -4.45. The summed E-state index contributed by atoms with van der Waals surface area (Å²) in [6, 6.07) is 6.23. The molecule has 2 heterocycles. The van der Waals surface area contributed by atoms with Crippen molar-refractivity contribution in [3.8, 4) is 22.7 Å². The smallest absolute Gasteiger partial charge is 0.406 e. The van der Waals surface area contributed by atoms with Crippen molar-refractivity contribution in [1.29, 1.82) is 0 Å². The summed E-state index contributed by atoms with van der Waals surface area (Å²) in [6.07, 6.45) is 0.660. The second-order valence-electron chi connectivity index (χ2n) is 8.18. The van der Waals surface area contributed by atoms with Crippen LogP contribution < -0.4 is 9.13 Å². The van der Waals surface area contributed by atoms with Crippen LogP contribution in [-0.4, -0.2) is 0 Å². The number of rotatable bonds is 2. The first-order chi connectivity index (χ1) is 12.9. The van der Waals surface area contributed by atoms with Gasteiger partial charge in [0, 0.05) is 11.6 Å². The molecule has 6 heteroatoms. The van der Waals surface area contributed by atoms with E-state index >= 15 is 0 Å². The van der Waals surface area contributed by atoms with Crippen molar-refractivity contribution in [2.45, 2.75) is 39.3 Å². The van der Waals surface area contributed by atoms with Crippen molar-refractivity contribution in [3.05, 3.63) is 59.6 Å². The van der Waals surface area contributed by atoms with Gasteiger partial charge in [-0.15, -0.1) is 0 Å². The molecule has 3 aromatic rings. The Labute approximate surface area is 163 Å². The van der Waals surface area contributed by atoms with Gasteiger partial charge in [-0.2, -0.15) is 17.7 Å². The number of alkyl halides is 3. The highest BCUT2D eigenvalue weighted by Crippen LogP contribution is 2.38. The number of pyridine rings is 1. The first-order valence-corrected chi connectivity index (χ1v) is 9.05. The number of aryl methyl sites for hydroxylation is 2. The normalized spacial score (nSPS) is 12.5. The van der Waals surface area contributed by atoms with E-state index in [9.17, 15) is 13.2 Å². The van der Waals surface area contributed by atoms with Gasteiger partial charge < -0.3 is 4.42 Å². The molecule has 0 atom stereocenters. The minimum absolute atomic E-state index is 0.0494. The van der Waals surface area contributed by atoms with Gasteiger partial charge in [-0.25, -0.2) is 4.57 Å². The first-order valence-electron chi connectivity index (χ1n) is 9.05. The van der Waals surface area contributed by atoms with Crippen LogP contribution in [0, 0.1) is 6.92 Å². The van der Waals surface area contributed by atoms with E-state index in [0.717, 1.165) is 17.2 Å². The Hall–Kier alpha value is -2.63. The van der Waals surface area contributed by atoms with Crippen molar-refractivity contribution in [3.63, 3.8) is 0 Å². The molecule has 0 radical (unpaired) electrons. The number of aromatic nitrogens is 2. The Morgan fingerprint density at radius 2 is 1.54 bits per heavy atom. The van der Waals surface area contributed by atoms with Crippen LogP contribution in [0.15, 0.2) is 47.3 Å². The predicted molar refractivity (Wildman–Crippen MR) is 100 cm³/mol.